The van der Waals surface area contributed by atoms with Crippen molar-refractivity contribution in [1.82, 2.24) is 4.31 Å². The van der Waals surface area contributed by atoms with Crippen molar-refractivity contribution in [1.29, 1.82) is 0 Å². The van der Waals surface area contributed by atoms with E-state index in [1.54, 1.807) is 12.1 Å². The second kappa shape index (κ2) is 6.61. The highest BCUT2D eigenvalue weighted by Crippen LogP contribution is 2.30. The van der Waals surface area contributed by atoms with Crippen LogP contribution in [0.2, 0.25) is 0 Å². The largest absolute Gasteiger partial charge is 0.460 e. The van der Waals surface area contributed by atoms with Crippen LogP contribution in [0, 0.1) is 10.1 Å². The van der Waals surface area contributed by atoms with Gasteiger partial charge in [-0.25, -0.2) is 8.42 Å². The van der Waals surface area contributed by atoms with Crippen LogP contribution in [0.25, 0.3) is 0 Å². The predicted molar refractivity (Wildman–Crippen MR) is 87.0 cm³/mol. The van der Waals surface area contributed by atoms with Crippen molar-refractivity contribution in [2.45, 2.75) is 17.5 Å². The highest BCUT2D eigenvalue weighted by atomic mass is 32.2. The van der Waals surface area contributed by atoms with E-state index in [1.165, 1.54) is 0 Å². The topological polar surface area (TPSA) is 107 Å². The Morgan fingerprint density at radius 3 is 2.40 bits per heavy atom. The van der Waals surface area contributed by atoms with Gasteiger partial charge in [-0.05, 0) is 17.7 Å². The van der Waals surface area contributed by atoms with Gasteiger partial charge in [0.2, 0.25) is 10.0 Å². The van der Waals surface area contributed by atoms with Gasteiger partial charge < -0.3 is 4.74 Å². The molecule has 2 aromatic rings. The molecule has 0 saturated carbocycles. The first-order valence-electron chi connectivity index (χ1n) is 7.36. The SMILES string of the molecule is O=C(OCc1ccccc1)[C@@H]1CN1S(=O)(=O)c1ccc([N+](=O)[O-])cc1. The fraction of sp³-hybridized carbons (Fsp3) is 0.188. The molecule has 1 aliphatic heterocycles. The number of carbonyl (C=O) groups excluding carboxylic acids is 1. The molecule has 9 heteroatoms. The summed E-state index contributed by atoms with van der Waals surface area (Å²) in [7, 11) is -3.88. The number of sulfonamides is 1. The van der Waals surface area contributed by atoms with E-state index in [2.05, 4.69) is 0 Å². The van der Waals surface area contributed by atoms with E-state index >= 15 is 0 Å². The molecule has 0 amide bonds. The molecule has 25 heavy (non-hydrogen) atoms. The van der Waals surface area contributed by atoms with Gasteiger partial charge in [0.15, 0.2) is 0 Å². The Morgan fingerprint density at radius 2 is 1.80 bits per heavy atom. The third kappa shape index (κ3) is 3.67. The van der Waals surface area contributed by atoms with Crippen LogP contribution in [0.4, 0.5) is 5.69 Å². The summed E-state index contributed by atoms with van der Waals surface area (Å²) in [5.74, 6) is -0.616. The Bertz CT molecular complexity index is 896. The number of benzene rings is 2. The zero-order chi connectivity index (χ0) is 18.0. The van der Waals surface area contributed by atoms with Gasteiger partial charge >= 0.3 is 5.97 Å². The van der Waals surface area contributed by atoms with Gasteiger partial charge in [0.1, 0.15) is 12.6 Å². The van der Waals surface area contributed by atoms with E-state index in [0.717, 1.165) is 34.1 Å². The zero-order valence-electron chi connectivity index (χ0n) is 12.9. The summed E-state index contributed by atoms with van der Waals surface area (Å²) in [6.07, 6.45) is 0. The van der Waals surface area contributed by atoms with Crippen LogP contribution in [0.15, 0.2) is 59.5 Å². The lowest BCUT2D eigenvalue weighted by Gasteiger charge is -2.07. The van der Waals surface area contributed by atoms with E-state index in [-0.39, 0.29) is 23.7 Å². The van der Waals surface area contributed by atoms with Crippen LogP contribution >= 0.6 is 0 Å². The Labute approximate surface area is 143 Å². The minimum atomic E-state index is -3.88. The van der Waals surface area contributed by atoms with Gasteiger partial charge in [-0.3, -0.25) is 14.9 Å². The van der Waals surface area contributed by atoms with Crippen LogP contribution in [0.5, 0.6) is 0 Å². The Morgan fingerprint density at radius 1 is 1.16 bits per heavy atom. The van der Waals surface area contributed by atoms with Crippen molar-refractivity contribution in [3.05, 3.63) is 70.3 Å². The van der Waals surface area contributed by atoms with Crippen LogP contribution in [0.3, 0.4) is 0 Å². The molecule has 1 heterocycles. The summed E-state index contributed by atoms with van der Waals surface area (Å²) in [6, 6.07) is 12.7. The highest BCUT2D eigenvalue weighted by molar-refractivity contribution is 7.89. The number of nitrogens with zero attached hydrogens (tertiary/aromatic N) is 2. The molecule has 1 unspecified atom stereocenters. The maximum atomic E-state index is 12.4. The van der Waals surface area contributed by atoms with Crippen molar-refractivity contribution >= 4 is 21.7 Å². The van der Waals surface area contributed by atoms with Gasteiger partial charge in [0.25, 0.3) is 5.69 Å². The fourth-order valence-electron chi connectivity index (χ4n) is 2.28. The van der Waals surface area contributed by atoms with Crippen LogP contribution in [-0.2, 0) is 26.2 Å². The first kappa shape index (κ1) is 17.1. The van der Waals surface area contributed by atoms with E-state index < -0.39 is 27.0 Å². The summed E-state index contributed by atoms with van der Waals surface area (Å²) in [5.41, 5.74) is 0.602. The van der Waals surface area contributed by atoms with Crippen LogP contribution in [-0.4, -0.2) is 36.2 Å². The number of carbonyl (C=O) groups is 1. The summed E-state index contributed by atoms with van der Waals surface area (Å²) < 4.78 is 31.0. The standard InChI is InChI=1S/C16H14N2O6S/c19-16(24-11-12-4-2-1-3-5-12)15-10-17(15)25(22,23)14-8-6-13(7-9-14)18(20)21/h1-9,15H,10-11H2/t15-,17?/m0/s1. The quantitative estimate of drug-likeness (QED) is 0.335. The monoisotopic (exact) mass is 362 g/mol. The first-order valence-corrected chi connectivity index (χ1v) is 8.80. The molecular weight excluding hydrogens is 348 g/mol. The summed E-state index contributed by atoms with van der Waals surface area (Å²) in [6.45, 7) is 0.106. The van der Waals surface area contributed by atoms with Crippen molar-refractivity contribution in [3.8, 4) is 0 Å². The smallest absolute Gasteiger partial charge is 0.326 e. The minimum absolute atomic E-state index is 0.0347. The average Bonchev–Trinajstić information content (AvgIpc) is 3.42. The lowest BCUT2D eigenvalue weighted by molar-refractivity contribution is -0.384. The molecule has 1 saturated heterocycles. The normalized spacial score (nSPS) is 19.2. The third-order valence-electron chi connectivity index (χ3n) is 3.72. The first-order chi connectivity index (χ1) is 11.9. The molecule has 3 rings (SSSR count). The molecule has 0 aromatic heterocycles. The van der Waals surface area contributed by atoms with E-state index in [9.17, 15) is 23.3 Å². The van der Waals surface area contributed by atoms with Crippen molar-refractivity contribution < 1.29 is 22.9 Å². The lowest BCUT2D eigenvalue weighted by Crippen LogP contribution is -2.21. The molecule has 8 nitrogen and oxygen atoms in total. The molecule has 0 bridgehead atoms. The second-order valence-electron chi connectivity index (χ2n) is 5.43. The zero-order valence-corrected chi connectivity index (χ0v) is 13.8. The molecule has 0 N–H and O–H groups in total. The maximum Gasteiger partial charge on any atom is 0.326 e. The molecular formula is C16H14N2O6S. The summed E-state index contributed by atoms with van der Waals surface area (Å²) in [4.78, 5) is 21.9. The van der Waals surface area contributed by atoms with Crippen molar-refractivity contribution in [2.75, 3.05) is 6.54 Å². The number of nitro groups is 1. The lowest BCUT2D eigenvalue weighted by atomic mass is 10.2. The Balaban J connectivity index is 1.63. The Hall–Kier alpha value is -2.78. The average molecular weight is 362 g/mol. The molecule has 1 aliphatic rings. The number of non-ortho nitro benzene ring substituents is 1. The van der Waals surface area contributed by atoms with Gasteiger partial charge in [-0.1, -0.05) is 30.3 Å². The third-order valence-corrected chi connectivity index (χ3v) is 5.61. The predicted octanol–water partition coefficient (Wildman–Crippen LogP) is 1.71. The van der Waals surface area contributed by atoms with Gasteiger partial charge in [-0.2, -0.15) is 4.31 Å². The van der Waals surface area contributed by atoms with E-state index in [4.69, 9.17) is 4.74 Å². The number of esters is 1. The number of rotatable bonds is 6. The van der Waals surface area contributed by atoms with Crippen molar-refractivity contribution in [3.63, 3.8) is 0 Å². The molecule has 2 atom stereocenters. The maximum absolute atomic E-state index is 12.4. The summed E-state index contributed by atoms with van der Waals surface area (Å²) in [5, 5.41) is 10.6. The molecule has 130 valence electrons. The van der Waals surface area contributed by atoms with Gasteiger partial charge in [0, 0.05) is 18.7 Å². The van der Waals surface area contributed by atoms with Gasteiger partial charge in [0.05, 0.1) is 9.82 Å². The summed E-state index contributed by atoms with van der Waals surface area (Å²) >= 11 is 0. The molecule has 0 aliphatic carbocycles. The van der Waals surface area contributed by atoms with E-state index in [1.807, 2.05) is 18.2 Å². The molecule has 1 fully saturated rings. The second-order valence-corrected chi connectivity index (χ2v) is 7.33. The molecule has 0 spiro atoms. The molecule has 2 aromatic carbocycles. The number of nitro benzene ring substituents is 1. The fourth-order valence-corrected chi connectivity index (χ4v) is 3.79. The van der Waals surface area contributed by atoms with Crippen LogP contribution < -0.4 is 0 Å². The number of ether oxygens (including phenoxy) is 1. The van der Waals surface area contributed by atoms with E-state index in [0.29, 0.717) is 0 Å². The van der Waals surface area contributed by atoms with Crippen molar-refractivity contribution in [2.24, 2.45) is 0 Å². The van der Waals surface area contributed by atoms with Gasteiger partial charge in [-0.15, -0.1) is 0 Å². The Kier molecular flexibility index (Phi) is 4.51. The highest BCUT2D eigenvalue weighted by Gasteiger charge is 2.50. The number of hydrogen-bond acceptors (Lipinski definition) is 6. The minimum Gasteiger partial charge on any atom is -0.460 e. The molecule has 0 radical (unpaired) electrons. The number of hydrogen-bond donors (Lipinski definition) is 0. The van der Waals surface area contributed by atoms with Crippen LogP contribution in [0.1, 0.15) is 5.56 Å².